The van der Waals surface area contributed by atoms with Crippen molar-refractivity contribution < 1.29 is 32.3 Å². The van der Waals surface area contributed by atoms with E-state index < -0.39 is 17.8 Å². The number of aliphatic carboxylic acids is 1. The van der Waals surface area contributed by atoms with Crippen LogP contribution in [0, 0.1) is 5.92 Å². The molecule has 2 atom stereocenters. The highest BCUT2D eigenvalue weighted by Gasteiger charge is 2.38. The maximum Gasteiger partial charge on any atom is 0.433 e. The van der Waals surface area contributed by atoms with Gasteiger partial charge in [-0.15, -0.1) is 0 Å². The standard InChI is InChI=1S/C32H26F3N5O4/c33-32(34,35)27-13-14-36-31(37-27)40-17-24(16-29(41)42)26(18-40)23-7-4-8-25(15-23)43-19-28-38-30(39-44-28)22-11-9-21(10-12-22)20-5-2-1-3-6-20/h1-15,24,26H,16-19H2,(H,41,42)/t24-,26-/m0/s1. The normalized spacial score (nSPS) is 16.7. The summed E-state index contributed by atoms with van der Waals surface area (Å²) in [6.45, 7) is 0.450. The number of ether oxygens (including phenoxy) is 1. The summed E-state index contributed by atoms with van der Waals surface area (Å²) in [5, 5.41) is 13.6. The van der Waals surface area contributed by atoms with E-state index in [1.165, 1.54) is 0 Å². The van der Waals surface area contributed by atoms with Crippen molar-refractivity contribution in [3.63, 3.8) is 0 Å². The number of hydrogen-bond acceptors (Lipinski definition) is 8. The molecule has 44 heavy (non-hydrogen) atoms. The van der Waals surface area contributed by atoms with Gasteiger partial charge in [-0.25, -0.2) is 9.97 Å². The highest BCUT2D eigenvalue weighted by atomic mass is 19.4. The zero-order valence-electron chi connectivity index (χ0n) is 23.2. The summed E-state index contributed by atoms with van der Waals surface area (Å²) in [4.78, 5) is 25.4. The number of carbonyl (C=O) groups is 1. The van der Waals surface area contributed by atoms with E-state index in [0.29, 0.717) is 11.6 Å². The second kappa shape index (κ2) is 12.2. The Morgan fingerprint density at radius 1 is 0.932 bits per heavy atom. The SMILES string of the molecule is O=C(O)C[C@H]1CN(c2nccc(C(F)(F)F)n2)C[C@H]1c1cccc(OCc2nc(-c3ccc(-c4ccccc4)cc3)no2)c1. The molecule has 3 heterocycles. The van der Waals surface area contributed by atoms with Gasteiger partial charge in [0.15, 0.2) is 6.61 Å². The molecule has 2 aromatic heterocycles. The fourth-order valence-corrected chi connectivity index (χ4v) is 5.36. The van der Waals surface area contributed by atoms with Crippen molar-refractivity contribution in [2.45, 2.75) is 25.1 Å². The van der Waals surface area contributed by atoms with Gasteiger partial charge in [0.1, 0.15) is 11.4 Å². The number of alkyl halides is 3. The molecule has 1 saturated heterocycles. The van der Waals surface area contributed by atoms with Gasteiger partial charge in [0.05, 0.1) is 6.42 Å². The van der Waals surface area contributed by atoms with E-state index in [4.69, 9.17) is 9.26 Å². The van der Waals surface area contributed by atoms with Gasteiger partial charge < -0.3 is 19.3 Å². The maximum absolute atomic E-state index is 13.2. The van der Waals surface area contributed by atoms with Crippen LogP contribution in [0.3, 0.4) is 0 Å². The summed E-state index contributed by atoms with van der Waals surface area (Å²) in [7, 11) is 0. The zero-order valence-corrected chi connectivity index (χ0v) is 23.2. The first kappa shape index (κ1) is 28.8. The summed E-state index contributed by atoms with van der Waals surface area (Å²) >= 11 is 0. The first-order valence-electron chi connectivity index (χ1n) is 13.8. The molecule has 12 heteroatoms. The summed E-state index contributed by atoms with van der Waals surface area (Å²) < 4.78 is 51.0. The minimum Gasteiger partial charge on any atom is -0.484 e. The number of hydrogen-bond donors (Lipinski definition) is 1. The summed E-state index contributed by atoms with van der Waals surface area (Å²) in [6.07, 6.45) is -3.72. The molecule has 0 aliphatic carbocycles. The van der Waals surface area contributed by atoms with Gasteiger partial charge in [0.25, 0.3) is 5.89 Å². The molecule has 0 amide bonds. The average Bonchev–Trinajstić information content (AvgIpc) is 3.68. The second-order valence-electron chi connectivity index (χ2n) is 10.4. The molecule has 0 spiro atoms. The largest absolute Gasteiger partial charge is 0.484 e. The van der Waals surface area contributed by atoms with Crippen LogP contribution in [-0.2, 0) is 17.6 Å². The third kappa shape index (κ3) is 6.54. The number of benzene rings is 3. The van der Waals surface area contributed by atoms with E-state index in [2.05, 4.69) is 20.1 Å². The predicted molar refractivity (Wildman–Crippen MR) is 154 cm³/mol. The van der Waals surface area contributed by atoms with Gasteiger partial charge in [-0.3, -0.25) is 4.79 Å². The molecule has 224 valence electrons. The number of anilines is 1. The molecule has 0 unspecified atom stereocenters. The Bertz CT molecular complexity index is 1750. The van der Waals surface area contributed by atoms with Crippen molar-refractivity contribution in [1.82, 2.24) is 20.1 Å². The zero-order chi connectivity index (χ0) is 30.7. The Hall–Kier alpha value is -5.26. The fraction of sp³-hybridized carbons (Fsp3) is 0.219. The van der Waals surface area contributed by atoms with Gasteiger partial charge >= 0.3 is 12.1 Å². The van der Waals surface area contributed by atoms with Gasteiger partial charge in [-0.05, 0) is 40.8 Å². The highest BCUT2D eigenvalue weighted by Crippen LogP contribution is 2.38. The van der Waals surface area contributed by atoms with Gasteiger partial charge in [-0.2, -0.15) is 18.2 Å². The minimum atomic E-state index is -4.62. The van der Waals surface area contributed by atoms with E-state index in [1.54, 1.807) is 23.1 Å². The lowest BCUT2D eigenvalue weighted by Gasteiger charge is -2.18. The lowest BCUT2D eigenvalue weighted by Crippen LogP contribution is -2.24. The maximum atomic E-state index is 13.2. The molecule has 1 aliphatic heterocycles. The van der Waals surface area contributed by atoms with Crippen molar-refractivity contribution >= 4 is 11.9 Å². The molecule has 1 N–H and O–H groups in total. The predicted octanol–water partition coefficient (Wildman–Crippen LogP) is 6.49. The number of nitrogens with zero attached hydrogens (tertiary/aromatic N) is 5. The number of halogens is 3. The molecule has 0 bridgehead atoms. The fourth-order valence-electron chi connectivity index (χ4n) is 5.36. The average molecular weight is 602 g/mol. The van der Waals surface area contributed by atoms with Gasteiger partial charge in [0, 0.05) is 30.8 Å². The van der Waals surface area contributed by atoms with Crippen molar-refractivity contribution in [1.29, 1.82) is 0 Å². The van der Waals surface area contributed by atoms with E-state index in [0.717, 1.165) is 34.5 Å². The molecule has 1 aliphatic rings. The molecule has 5 aromatic rings. The first-order chi connectivity index (χ1) is 21.2. The molecule has 0 radical (unpaired) electrons. The number of carboxylic acid groups (broad SMARTS) is 1. The Balaban J connectivity index is 1.14. The van der Waals surface area contributed by atoms with Crippen LogP contribution in [0.15, 0.2) is 95.6 Å². The monoisotopic (exact) mass is 601 g/mol. The van der Waals surface area contributed by atoms with Crippen molar-refractivity contribution in [3.8, 4) is 28.3 Å². The van der Waals surface area contributed by atoms with E-state index >= 15 is 0 Å². The molecular formula is C32H26F3N5O4. The van der Waals surface area contributed by atoms with Crippen molar-refractivity contribution in [3.05, 3.63) is 108 Å². The first-order valence-corrected chi connectivity index (χ1v) is 13.8. The topological polar surface area (TPSA) is 114 Å². The summed E-state index contributed by atoms with van der Waals surface area (Å²) in [6, 6.07) is 25.8. The minimum absolute atomic E-state index is 0.00593. The third-order valence-corrected chi connectivity index (χ3v) is 7.46. The molecule has 3 aromatic carbocycles. The third-order valence-electron chi connectivity index (χ3n) is 7.46. The molecule has 9 nitrogen and oxygen atoms in total. The molecule has 6 rings (SSSR count). The van der Waals surface area contributed by atoms with Crippen LogP contribution >= 0.6 is 0 Å². The van der Waals surface area contributed by atoms with Crippen LogP contribution < -0.4 is 9.64 Å². The molecular weight excluding hydrogens is 575 g/mol. The van der Waals surface area contributed by atoms with Crippen LogP contribution in [0.25, 0.3) is 22.5 Å². The molecule has 1 fully saturated rings. The second-order valence-corrected chi connectivity index (χ2v) is 10.4. The Morgan fingerprint density at radius 2 is 1.68 bits per heavy atom. The highest BCUT2D eigenvalue weighted by molar-refractivity contribution is 5.68. The van der Waals surface area contributed by atoms with Crippen LogP contribution in [0.5, 0.6) is 5.75 Å². The number of rotatable bonds is 9. The number of aromatic nitrogens is 4. The molecule has 0 saturated carbocycles. The van der Waals surface area contributed by atoms with Gasteiger partial charge in [0.2, 0.25) is 11.8 Å². The lowest BCUT2D eigenvalue weighted by molar-refractivity contribution is -0.141. The van der Waals surface area contributed by atoms with E-state index in [9.17, 15) is 23.1 Å². The lowest BCUT2D eigenvalue weighted by atomic mass is 9.87. The van der Waals surface area contributed by atoms with Gasteiger partial charge in [-0.1, -0.05) is 71.9 Å². The Labute approximate surface area is 250 Å². The van der Waals surface area contributed by atoms with E-state index in [-0.39, 0.29) is 49.8 Å². The Kier molecular flexibility index (Phi) is 7.97. The van der Waals surface area contributed by atoms with Crippen molar-refractivity contribution in [2.24, 2.45) is 5.92 Å². The summed E-state index contributed by atoms with van der Waals surface area (Å²) in [5.41, 5.74) is 2.70. The Morgan fingerprint density at radius 3 is 2.43 bits per heavy atom. The smallest absolute Gasteiger partial charge is 0.433 e. The van der Waals surface area contributed by atoms with Crippen LogP contribution in [0.1, 0.15) is 29.5 Å². The number of carboxylic acids is 1. The van der Waals surface area contributed by atoms with Crippen LogP contribution in [0.4, 0.5) is 19.1 Å². The summed E-state index contributed by atoms with van der Waals surface area (Å²) in [5.74, 6) is -0.578. The van der Waals surface area contributed by atoms with Crippen LogP contribution in [-0.4, -0.2) is 44.3 Å². The van der Waals surface area contributed by atoms with E-state index in [1.807, 2.05) is 60.7 Å². The quantitative estimate of drug-likeness (QED) is 0.203. The van der Waals surface area contributed by atoms with Crippen molar-refractivity contribution in [2.75, 3.05) is 18.0 Å². The van der Waals surface area contributed by atoms with Crippen LogP contribution in [0.2, 0.25) is 0 Å².